The van der Waals surface area contributed by atoms with Crippen molar-refractivity contribution in [3.8, 4) is 0 Å². The summed E-state index contributed by atoms with van der Waals surface area (Å²) < 4.78 is 0. The summed E-state index contributed by atoms with van der Waals surface area (Å²) in [7, 11) is 0. The molecule has 2 rings (SSSR count). The van der Waals surface area contributed by atoms with Gasteiger partial charge >= 0.3 is 0 Å². The molecule has 102 valence electrons. The molecule has 1 amide bonds. The predicted molar refractivity (Wildman–Crippen MR) is 79.0 cm³/mol. The fraction of sp³-hybridized carbons (Fsp3) is 0.176. The number of aldehydes is 1. The topological polar surface area (TPSA) is 46.2 Å². The number of benzene rings is 2. The van der Waals surface area contributed by atoms with Crippen LogP contribution in [0.25, 0.3) is 0 Å². The minimum Gasteiger partial charge on any atom is -0.352 e. The Morgan fingerprint density at radius 1 is 1.05 bits per heavy atom. The molecule has 0 bridgehead atoms. The summed E-state index contributed by atoms with van der Waals surface area (Å²) in [5.74, 6) is -0.116. The van der Waals surface area contributed by atoms with Gasteiger partial charge < -0.3 is 5.32 Å². The Morgan fingerprint density at radius 2 is 1.70 bits per heavy atom. The SMILES string of the molecule is Cc1ccc(CCNC(=O)c2ccc(C=O)cc2)cc1. The van der Waals surface area contributed by atoms with Gasteiger partial charge in [-0.25, -0.2) is 0 Å². The molecular weight excluding hydrogens is 250 g/mol. The van der Waals surface area contributed by atoms with E-state index in [0.717, 1.165) is 12.7 Å². The predicted octanol–water partition coefficient (Wildman–Crippen LogP) is 2.78. The van der Waals surface area contributed by atoms with Crippen LogP contribution in [0.15, 0.2) is 48.5 Å². The highest BCUT2D eigenvalue weighted by molar-refractivity contribution is 5.94. The standard InChI is InChI=1S/C17H17NO2/c1-13-2-4-14(5-3-13)10-11-18-17(20)16-8-6-15(12-19)7-9-16/h2-9,12H,10-11H2,1H3,(H,18,20). The van der Waals surface area contributed by atoms with E-state index in [4.69, 9.17) is 0 Å². The smallest absolute Gasteiger partial charge is 0.251 e. The Kier molecular flexibility index (Phi) is 4.66. The van der Waals surface area contributed by atoms with E-state index in [2.05, 4.69) is 36.5 Å². The zero-order valence-corrected chi connectivity index (χ0v) is 11.4. The number of rotatable bonds is 5. The number of aryl methyl sites for hydroxylation is 1. The molecular formula is C17H17NO2. The minimum atomic E-state index is -0.116. The summed E-state index contributed by atoms with van der Waals surface area (Å²) in [6.45, 7) is 2.64. The maximum atomic E-state index is 11.9. The third kappa shape index (κ3) is 3.79. The third-order valence-corrected chi connectivity index (χ3v) is 3.13. The highest BCUT2D eigenvalue weighted by Gasteiger charge is 2.04. The largest absolute Gasteiger partial charge is 0.352 e. The molecule has 0 aliphatic heterocycles. The molecule has 0 heterocycles. The molecule has 0 atom stereocenters. The maximum absolute atomic E-state index is 11.9. The average molecular weight is 267 g/mol. The van der Waals surface area contributed by atoms with Gasteiger partial charge in [-0.05, 0) is 31.0 Å². The molecule has 1 N–H and O–H groups in total. The molecule has 0 aromatic heterocycles. The van der Waals surface area contributed by atoms with Gasteiger partial charge in [0.1, 0.15) is 6.29 Å². The van der Waals surface area contributed by atoms with Gasteiger partial charge in [-0.1, -0.05) is 42.0 Å². The molecule has 0 saturated heterocycles. The van der Waals surface area contributed by atoms with Gasteiger partial charge in [0.2, 0.25) is 0 Å². The summed E-state index contributed by atoms with van der Waals surface area (Å²) in [6, 6.07) is 14.9. The quantitative estimate of drug-likeness (QED) is 0.847. The van der Waals surface area contributed by atoms with Crippen LogP contribution in [-0.2, 0) is 6.42 Å². The summed E-state index contributed by atoms with van der Waals surface area (Å²) in [5, 5.41) is 2.87. The Morgan fingerprint density at radius 3 is 2.30 bits per heavy atom. The van der Waals surface area contributed by atoms with Gasteiger partial charge in [0.25, 0.3) is 5.91 Å². The fourth-order valence-corrected chi connectivity index (χ4v) is 1.89. The van der Waals surface area contributed by atoms with Gasteiger partial charge in [0, 0.05) is 17.7 Å². The number of carbonyl (C=O) groups excluding carboxylic acids is 2. The van der Waals surface area contributed by atoms with Crippen LogP contribution in [0.4, 0.5) is 0 Å². The van der Waals surface area contributed by atoms with Crippen molar-refractivity contribution in [3.63, 3.8) is 0 Å². The second-order valence-electron chi connectivity index (χ2n) is 4.73. The molecule has 0 fully saturated rings. The van der Waals surface area contributed by atoms with E-state index in [0.29, 0.717) is 17.7 Å². The van der Waals surface area contributed by atoms with E-state index < -0.39 is 0 Å². The lowest BCUT2D eigenvalue weighted by Crippen LogP contribution is -2.25. The monoisotopic (exact) mass is 267 g/mol. The van der Waals surface area contributed by atoms with Crippen molar-refractivity contribution in [2.45, 2.75) is 13.3 Å². The van der Waals surface area contributed by atoms with Gasteiger partial charge in [0.15, 0.2) is 0 Å². The van der Waals surface area contributed by atoms with Crippen LogP contribution >= 0.6 is 0 Å². The summed E-state index contributed by atoms with van der Waals surface area (Å²) in [4.78, 5) is 22.4. The van der Waals surface area contributed by atoms with E-state index in [1.54, 1.807) is 24.3 Å². The number of nitrogens with one attached hydrogen (secondary N) is 1. The highest BCUT2D eigenvalue weighted by Crippen LogP contribution is 2.04. The molecule has 20 heavy (non-hydrogen) atoms. The van der Waals surface area contributed by atoms with Gasteiger partial charge in [0.05, 0.1) is 0 Å². The first kappa shape index (κ1) is 14.0. The van der Waals surface area contributed by atoms with E-state index in [-0.39, 0.29) is 5.91 Å². The third-order valence-electron chi connectivity index (χ3n) is 3.13. The van der Waals surface area contributed by atoms with Crippen LogP contribution in [0.2, 0.25) is 0 Å². The summed E-state index contributed by atoms with van der Waals surface area (Å²) in [5.41, 5.74) is 3.57. The normalized spacial score (nSPS) is 10.1. The number of hydrogen-bond donors (Lipinski definition) is 1. The molecule has 0 spiro atoms. The van der Waals surface area contributed by atoms with Crippen LogP contribution in [0.5, 0.6) is 0 Å². The lowest BCUT2D eigenvalue weighted by atomic mass is 10.1. The maximum Gasteiger partial charge on any atom is 0.251 e. The average Bonchev–Trinajstić information content (AvgIpc) is 2.49. The number of hydrogen-bond acceptors (Lipinski definition) is 2. The second kappa shape index (κ2) is 6.66. The second-order valence-corrected chi connectivity index (χ2v) is 4.73. The van der Waals surface area contributed by atoms with E-state index in [1.165, 1.54) is 11.1 Å². The zero-order valence-electron chi connectivity index (χ0n) is 11.4. The van der Waals surface area contributed by atoms with Crippen LogP contribution in [0.3, 0.4) is 0 Å². The molecule has 2 aromatic carbocycles. The first-order chi connectivity index (χ1) is 9.69. The van der Waals surface area contributed by atoms with Gasteiger partial charge in [-0.2, -0.15) is 0 Å². The lowest BCUT2D eigenvalue weighted by molar-refractivity contribution is 0.0953. The Bertz CT molecular complexity index is 585. The van der Waals surface area contributed by atoms with Crippen molar-refractivity contribution in [1.82, 2.24) is 5.32 Å². The zero-order chi connectivity index (χ0) is 14.4. The molecule has 3 nitrogen and oxygen atoms in total. The lowest BCUT2D eigenvalue weighted by Gasteiger charge is -2.06. The molecule has 0 radical (unpaired) electrons. The fourth-order valence-electron chi connectivity index (χ4n) is 1.89. The van der Waals surface area contributed by atoms with E-state index in [1.807, 2.05) is 0 Å². The van der Waals surface area contributed by atoms with E-state index >= 15 is 0 Å². The van der Waals surface area contributed by atoms with E-state index in [9.17, 15) is 9.59 Å². The molecule has 0 saturated carbocycles. The molecule has 2 aromatic rings. The van der Waals surface area contributed by atoms with Crippen LogP contribution in [0, 0.1) is 6.92 Å². The molecule has 3 heteroatoms. The van der Waals surface area contributed by atoms with Crippen LogP contribution in [-0.4, -0.2) is 18.7 Å². The molecule has 0 aliphatic carbocycles. The van der Waals surface area contributed by atoms with Gasteiger partial charge in [-0.15, -0.1) is 0 Å². The van der Waals surface area contributed by atoms with Crippen molar-refractivity contribution in [2.24, 2.45) is 0 Å². The number of amides is 1. The Hall–Kier alpha value is -2.42. The Labute approximate surface area is 118 Å². The molecule has 0 unspecified atom stereocenters. The van der Waals surface area contributed by atoms with Crippen molar-refractivity contribution in [1.29, 1.82) is 0 Å². The first-order valence-corrected chi connectivity index (χ1v) is 6.58. The molecule has 0 aliphatic rings. The Balaban J connectivity index is 1.85. The number of carbonyl (C=O) groups is 2. The van der Waals surface area contributed by atoms with Crippen molar-refractivity contribution in [3.05, 3.63) is 70.8 Å². The van der Waals surface area contributed by atoms with Crippen LogP contribution < -0.4 is 5.32 Å². The summed E-state index contributed by atoms with van der Waals surface area (Å²) >= 11 is 0. The summed E-state index contributed by atoms with van der Waals surface area (Å²) in [6.07, 6.45) is 1.57. The minimum absolute atomic E-state index is 0.116. The first-order valence-electron chi connectivity index (χ1n) is 6.58. The van der Waals surface area contributed by atoms with Crippen molar-refractivity contribution < 1.29 is 9.59 Å². The van der Waals surface area contributed by atoms with Crippen LogP contribution in [0.1, 0.15) is 31.8 Å². The van der Waals surface area contributed by atoms with Gasteiger partial charge in [-0.3, -0.25) is 9.59 Å². The van der Waals surface area contributed by atoms with Crippen molar-refractivity contribution in [2.75, 3.05) is 6.54 Å². The van der Waals surface area contributed by atoms with Crippen molar-refractivity contribution >= 4 is 12.2 Å². The highest BCUT2D eigenvalue weighted by atomic mass is 16.1.